The van der Waals surface area contributed by atoms with Crippen molar-refractivity contribution in [1.29, 1.82) is 0 Å². The van der Waals surface area contributed by atoms with E-state index in [-0.39, 0.29) is 13.2 Å². The summed E-state index contributed by atoms with van der Waals surface area (Å²) >= 11 is 0. The average molecular weight is 388 g/mol. The Morgan fingerprint density at radius 1 is 0.815 bits per heavy atom. The SMILES string of the molecule is C=C(C(=O)[O-])C(CC(=O)OCCCOC)(CC(=O)OCCCOC)C(=O)[O-]. The summed E-state index contributed by atoms with van der Waals surface area (Å²) in [5.74, 6) is -5.98. The molecule has 0 bridgehead atoms. The molecule has 0 unspecified atom stereocenters. The van der Waals surface area contributed by atoms with Crippen LogP contribution >= 0.6 is 0 Å². The highest BCUT2D eigenvalue weighted by atomic mass is 16.5. The molecule has 0 aromatic heterocycles. The average Bonchev–Trinajstić information content (AvgIpc) is 2.60. The van der Waals surface area contributed by atoms with Crippen LogP contribution in [0.2, 0.25) is 0 Å². The molecule has 0 aliphatic heterocycles. The topological polar surface area (TPSA) is 151 Å². The molecule has 0 fully saturated rings. The van der Waals surface area contributed by atoms with Crippen molar-refractivity contribution in [3.05, 3.63) is 12.2 Å². The highest BCUT2D eigenvalue weighted by Crippen LogP contribution is 2.35. The lowest BCUT2D eigenvalue weighted by atomic mass is 9.75. The minimum atomic E-state index is -2.55. The standard InChI is InChI=1S/C17H26O10/c1-12(15(20)21)17(16(22)23,10-13(18)26-8-4-6-24-2)11-14(19)27-9-5-7-25-3/h1,4-11H2,2-3H3,(H,20,21)(H,22,23)/p-2. The van der Waals surface area contributed by atoms with Gasteiger partial charge in [0.1, 0.15) is 0 Å². The van der Waals surface area contributed by atoms with E-state index < -0.39 is 47.7 Å². The number of carboxylic acid groups (broad SMARTS) is 2. The number of methoxy groups -OCH3 is 2. The van der Waals surface area contributed by atoms with Crippen LogP contribution in [0.1, 0.15) is 25.7 Å². The number of esters is 2. The summed E-state index contributed by atoms with van der Waals surface area (Å²) in [6.07, 6.45) is -1.24. The molecule has 0 aromatic rings. The van der Waals surface area contributed by atoms with Crippen LogP contribution < -0.4 is 10.2 Å². The molecule has 0 rings (SSSR count). The second-order valence-corrected chi connectivity index (χ2v) is 5.62. The van der Waals surface area contributed by atoms with Crippen molar-refractivity contribution in [1.82, 2.24) is 0 Å². The van der Waals surface area contributed by atoms with Gasteiger partial charge in [0, 0.05) is 40.3 Å². The molecule has 0 aliphatic rings. The smallest absolute Gasteiger partial charge is 0.307 e. The zero-order chi connectivity index (χ0) is 20.9. The Labute approximate surface area is 157 Å². The zero-order valence-corrected chi connectivity index (χ0v) is 15.4. The molecule has 0 saturated heterocycles. The largest absolute Gasteiger partial charge is 0.549 e. The first kappa shape index (κ1) is 24.5. The van der Waals surface area contributed by atoms with Gasteiger partial charge in [-0.2, -0.15) is 0 Å². The van der Waals surface area contributed by atoms with Crippen molar-refractivity contribution in [3.63, 3.8) is 0 Å². The number of carbonyl (C=O) groups excluding carboxylic acids is 4. The van der Waals surface area contributed by atoms with Crippen LogP contribution in [0.5, 0.6) is 0 Å². The molecule has 0 aromatic carbocycles. The van der Waals surface area contributed by atoms with Gasteiger partial charge in [0.25, 0.3) is 0 Å². The monoisotopic (exact) mass is 388 g/mol. The molecule has 0 atom stereocenters. The summed E-state index contributed by atoms with van der Waals surface area (Å²) < 4.78 is 19.2. The molecule has 0 saturated carbocycles. The second kappa shape index (κ2) is 12.8. The third-order valence-electron chi connectivity index (χ3n) is 3.62. The number of aliphatic carboxylic acids is 2. The number of ether oxygens (including phenoxy) is 4. The van der Waals surface area contributed by atoms with Gasteiger partial charge in [0.15, 0.2) is 0 Å². The first-order chi connectivity index (χ1) is 12.7. The summed E-state index contributed by atoms with van der Waals surface area (Å²) in [6, 6.07) is 0. The highest BCUT2D eigenvalue weighted by Gasteiger charge is 2.41. The van der Waals surface area contributed by atoms with Crippen molar-refractivity contribution >= 4 is 23.9 Å². The normalized spacial score (nSPS) is 10.9. The predicted octanol–water partition coefficient (Wildman–Crippen LogP) is -2.03. The van der Waals surface area contributed by atoms with E-state index in [1.807, 2.05) is 0 Å². The van der Waals surface area contributed by atoms with Gasteiger partial charge in [-0.1, -0.05) is 6.58 Å². The van der Waals surface area contributed by atoms with E-state index in [0.29, 0.717) is 26.1 Å². The second-order valence-electron chi connectivity index (χ2n) is 5.62. The maximum atomic E-state index is 12.0. The summed E-state index contributed by atoms with van der Waals surface area (Å²) in [4.78, 5) is 46.8. The first-order valence-corrected chi connectivity index (χ1v) is 8.12. The van der Waals surface area contributed by atoms with Crippen molar-refractivity contribution in [2.75, 3.05) is 40.6 Å². The molecule has 0 N–H and O–H groups in total. The van der Waals surface area contributed by atoms with Crippen LogP contribution in [-0.4, -0.2) is 64.5 Å². The number of hydrogen-bond donors (Lipinski definition) is 0. The Morgan fingerprint density at radius 2 is 1.22 bits per heavy atom. The van der Waals surface area contributed by atoms with Crippen LogP contribution in [0.25, 0.3) is 0 Å². The van der Waals surface area contributed by atoms with Crippen LogP contribution in [0.4, 0.5) is 0 Å². The van der Waals surface area contributed by atoms with Gasteiger partial charge in [-0.3, -0.25) is 9.59 Å². The number of rotatable bonds is 15. The summed E-state index contributed by atoms with van der Waals surface area (Å²) in [5, 5.41) is 22.8. The Balaban J connectivity index is 5.21. The number of hydrogen-bond acceptors (Lipinski definition) is 10. The molecular weight excluding hydrogens is 364 g/mol. The van der Waals surface area contributed by atoms with E-state index in [1.165, 1.54) is 14.2 Å². The maximum Gasteiger partial charge on any atom is 0.307 e. The number of carbonyl (C=O) groups is 4. The molecule has 0 spiro atoms. The van der Waals surface area contributed by atoms with Crippen molar-refractivity contribution in [2.24, 2.45) is 5.41 Å². The predicted molar refractivity (Wildman–Crippen MR) is 85.7 cm³/mol. The van der Waals surface area contributed by atoms with E-state index in [1.54, 1.807) is 0 Å². The van der Waals surface area contributed by atoms with Crippen LogP contribution in [-0.2, 0) is 38.1 Å². The molecule has 0 aliphatic carbocycles. The lowest BCUT2D eigenvalue weighted by Crippen LogP contribution is -2.50. The van der Waals surface area contributed by atoms with Crippen LogP contribution in [0.3, 0.4) is 0 Å². The Bertz CT molecular complexity index is 514. The minimum absolute atomic E-state index is 0.0743. The van der Waals surface area contributed by atoms with E-state index >= 15 is 0 Å². The van der Waals surface area contributed by atoms with E-state index in [9.17, 15) is 29.4 Å². The molecular formula is C17H24O10-2. The number of carboxylic acids is 2. The van der Waals surface area contributed by atoms with Gasteiger partial charge in [0.05, 0.1) is 43.4 Å². The molecule has 0 radical (unpaired) electrons. The lowest BCUT2D eigenvalue weighted by molar-refractivity contribution is -0.322. The summed E-state index contributed by atoms with van der Waals surface area (Å²) in [5.41, 5.74) is -3.53. The molecule has 27 heavy (non-hydrogen) atoms. The van der Waals surface area contributed by atoms with E-state index in [2.05, 4.69) is 6.58 Å². The van der Waals surface area contributed by atoms with Crippen LogP contribution in [0.15, 0.2) is 12.2 Å². The molecule has 0 heterocycles. The summed E-state index contributed by atoms with van der Waals surface area (Å²) in [7, 11) is 2.90. The molecule has 10 heteroatoms. The lowest BCUT2D eigenvalue weighted by Gasteiger charge is -2.35. The van der Waals surface area contributed by atoms with Crippen molar-refractivity contribution < 1.29 is 48.3 Å². The first-order valence-electron chi connectivity index (χ1n) is 8.12. The van der Waals surface area contributed by atoms with E-state index in [0.717, 1.165) is 0 Å². The minimum Gasteiger partial charge on any atom is -0.549 e. The van der Waals surface area contributed by atoms with Gasteiger partial charge in [-0.15, -0.1) is 0 Å². The van der Waals surface area contributed by atoms with E-state index in [4.69, 9.17) is 18.9 Å². The van der Waals surface area contributed by atoms with Crippen molar-refractivity contribution in [2.45, 2.75) is 25.7 Å². The third kappa shape index (κ3) is 8.65. The van der Waals surface area contributed by atoms with Gasteiger partial charge in [-0.25, -0.2) is 0 Å². The fourth-order valence-electron chi connectivity index (χ4n) is 2.11. The maximum absolute atomic E-state index is 12.0. The fraction of sp³-hybridized carbons (Fsp3) is 0.647. The fourth-order valence-corrected chi connectivity index (χ4v) is 2.11. The van der Waals surface area contributed by atoms with Crippen LogP contribution in [0, 0.1) is 5.41 Å². The molecule has 10 nitrogen and oxygen atoms in total. The van der Waals surface area contributed by atoms with Gasteiger partial charge >= 0.3 is 11.9 Å². The Kier molecular flexibility index (Phi) is 11.7. The van der Waals surface area contributed by atoms with Gasteiger partial charge < -0.3 is 38.7 Å². The van der Waals surface area contributed by atoms with Gasteiger partial charge in [0.2, 0.25) is 0 Å². The summed E-state index contributed by atoms with van der Waals surface area (Å²) in [6.45, 7) is 3.59. The Hall–Kier alpha value is -2.46. The van der Waals surface area contributed by atoms with Crippen molar-refractivity contribution in [3.8, 4) is 0 Å². The van der Waals surface area contributed by atoms with Gasteiger partial charge in [-0.05, 0) is 5.57 Å². The quantitative estimate of drug-likeness (QED) is 0.174. The molecule has 0 amide bonds. The third-order valence-corrected chi connectivity index (χ3v) is 3.62. The molecule has 154 valence electrons. The Morgan fingerprint density at radius 3 is 1.52 bits per heavy atom. The highest BCUT2D eigenvalue weighted by molar-refractivity contribution is 5.99. The zero-order valence-electron chi connectivity index (χ0n) is 15.4.